The Morgan fingerprint density at radius 3 is 3.07 bits per heavy atom. The molecule has 1 N–H and O–H groups in total. The Morgan fingerprint density at radius 2 is 2.43 bits per heavy atom. The van der Waals surface area contributed by atoms with E-state index in [4.69, 9.17) is 11.6 Å². The quantitative estimate of drug-likeness (QED) is 0.739. The zero-order valence-corrected chi connectivity index (χ0v) is 8.72. The highest BCUT2D eigenvalue weighted by Crippen LogP contribution is 2.02. The Kier molecular flexibility index (Phi) is 3.55. The smallest absolute Gasteiger partial charge is 0.221 e. The van der Waals surface area contributed by atoms with Gasteiger partial charge in [0.25, 0.3) is 0 Å². The average Bonchev–Trinajstić information content (AvgIpc) is 2.14. The maximum absolute atomic E-state index is 11.1. The first-order valence-electron chi connectivity index (χ1n) is 4.02. The van der Waals surface area contributed by atoms with Crippen molar-refractivity contribution in [3.05, 3.63) is 21.4 Å². The zero-order chi connectivity index (χ0) is 10.6. The van der Waals surface area contributed by atoms with Crippen LogP contribution in [0.25, 0.3) is 0 Å². The molecular weight excluding hydrogens is 202 g/mol. The van der Waals surface area contributed by atoms with E-state index in [0.717, 1.165) is 0 Å². The molecule has 0 bridgehead atoms. The molecule has 0 atom stereocenters. The van der Waals surface area contributed by atoms with Crippen molar-refractivity contribution in [3.63, 3.8) is 0 Å². The van der Waals surface area contributed by atoms with Crippen LogP contribution in [0.15, 0.2) is 10.9 Å². The summed E-state index contributed by atoms with van der Waals surface area (Å²) in [6, 6.07) is 1.40. The van der Waals surface area contributed by atoms with Crippen LogP contribution >= 0.6 is 11.6 Å². The molecule has 1 heterocycles. The van der Waals surface area contributed by atoms with E-state index in [2.05, 4.69) is 22.3 Å². The van der Waals surface area contributed by atoms with Gasteiger partial charge in [0.1, 0.15) is 5.82 Å². The van der Waals surface area contributed by atoms with Gasteiger partial charge in [-0.2, -0.15) is 5.10 Å². The molecule has 0 spiro atoms. The zero-order valence-electron chi connectivity index (χ0n) is 7.97. The lowest BCUT2D eigenvalue weighted by atomic mass is 10.5. The molecule has 0 radical (unpaired) electrons. The van der Waals surface area contributed by atoms with Crippen molar-refractivity contribution in [2.24, 2.45) is 7.05 Å². The Bertz CT molecular complexity index is 442. The van der Waals surface area contributed by atoms with Crippen molar-refractivity contribution >= 4 is 17.4 Å². The third kappa shape index (κ3) is 2.51. The van der Waals surface area contributed by atoms with E-state index in [-0.39, 0.29) is 10.6 Å². The molecule has 1 rings (SSSR count). The number of hydrogen-bond donors (Lipinski definition) is 1. The molecule has 0 unspecified atom stereocenters. The van der Waals surface area contributed by atoms with Crippen LogP contribution < -0.4 is 10.7 Å². The Morgan fingerprint density at radius 1 is 1.71 bits per heavy atom. The maximum atomic E-state index is 11.1. The summed E-state index contributed by atoms with van der Waals surface area (Å²) >= 11 is 5.55. The van der Waals surface area contributed by atoms with Crippen molar-refractivity contribution in [1.29, 1.82) is 0 Å². The molecule has 14 heavy (non-hydrogen) atoms. The summed E-state index contributed by atoms with van der Waals surface area (Å²) in [5.41, 5.74) is -0.295. The molecule has 0 amide bonds. The third-order valence-corrected chi connectivity index (χ3v) is 1.85. The largest absolute Gasteiger partial charge is 0.359 e. The fourth-order valence-corrected chi connectivity index (χ4v) is 1.07. The van der Waals surface area contributed by atoms with Gasteiger partial charge in [-0.1, -0.05) is 17.5 Å². The van der Waals surface area contributed by atoms with E-state index >= 15 is 0 Å². The highest BCUT2D eigenvalue weighted by atomic mass is 35.5. The lowest BCUT2D eigenvalue weighted by molar-refractivity contribution is 0.742. The van der Waals surface area contributed by atoms with Gasteiger partial charge >= 0.3 is 0 Å². The molecule has 0 saturated carbocycles. The highest BCUT2D eigenvalue weighted by molar-refractivity contribution is 6.29. The number of nitrogens with one attached hydrogen (secondary N) is 1. The second-order valence-corrected chi connectivity index (χ2v) is 2.95. The Hall–Kier alpha value is -1.47. The van der Waals surface area contributed by atoms with E-state index in [1.165, 1.54) is 10.7 Å². The fraction of sp³-hybridized carbons (Fsp3) is 0.333. The summed E-state index contributed by atoms with van der Waals surface area (Å²) in [5.74, 6) is 6.16. The summed E-state index contributed by atoms with van der Waals surface area (Å²) in [4.78, 5) is 11.1. The van der Waals surface area contributed by atoms with E-state index in [0.29, 0.717) is 12.4 Å². The molecule has 0 saturated heterocycles. The van der Waals surface area contributed by atoms with E-state index in [1.54, 1.807) is 14.0 Å². The standard InChI is InChI=1S/C9H10ClN3O/c1-3-4-5-11-8-6-7(14)9(10)12-13(8)2/h6,11H,5H2,1-2H3. The van der Waals surface area contributed by atoms with Crippen LogP contribution in [0.1, 0.15) is 6.92 Å². The number of halogens is 1. The van der Waals surface area contributed by atoms with E-state index < -0.39 is 0 Å². The molecule has 1 aromatic heterocycles. The van der Waals surface area contributed by atoms with Crippen LogP contribution in [0.3, 0.4) is 0 Å². The normalized spacial score (nSPS) is 9.07. The molecule has 5 heteroatoms. The third-order valence-electron chi connectivity index (χ3n) is 1.59. The van der Waals surface area contributed by atoms with Gasteiger partial charge in [-0.15, -0.1) is 5.92 Å². The first-order valence-corrected chi connectivity index (χ1v) is 4.40. The molecule has 0 aromatic carbocycles. The van der Waals surface area contributed by atoms with Gasteiger partial charge < -0.3 is 5.32 Å². The molecule has 4 nitrogen and oxygen atoms in total. The SMILES string of the molecule is CC#CCNc1cc(=O)c(Cl)nn1C. The number of aryl methyl sites for hydroxylation is 1. The lowest BCUT2D eigenvalue weighted by Gasteiger charge is -2.07. The van der Waals surface area contributed by atoms with Gasteiger partial charge in [-0.05, 0) is 6.92 Å². The van der Waals surface area contributed by atoms with Crippen LogP contribution in [-0.2, 0) is 7.05 Å². The molecule has 74 valence electrons. The molecule has 0 aliphatic carbocycles. The van der Waals surface area contributed by atoms with Gasteiger partial charge in [0, 0.05) is 13.1 Å². The van der Waals surface area contributed by atoms with E-state index in [1.807, 2.05) is 0 Å². The topological polar surface area (TPSA) is 46.9 Å². The van der Waals surface area contributed by atoms with Crippen molar-refractivity contribution in [3.8, 4) is 11.8 Å². The summed E-state index contributed by atoms with van der Waals surface area (Å²) in [7, 11) is 1.70. The van der Waals surface area contributed by atoms with Gasteiger partial charge in [0.15, 0.2) is 5.15 Å². The molecule has 0 fully saturated rings. The molecular formula is C9H10ClN3O. The summed E-state index contributed by atoms with van der Waals surface area (Å²) in [6.07, 6.45) is 0. The number of anilines is 1. The van der Waals surface area contributed by atoms with Gasteiger partial charge in [-0.3, -0.25) is 9.48 Å². The Labute approximate surface area is 86.9 Å². The molecule has 0 aliphatic rings. The summed E-state index contributed by atoms with van der Waals surface area (Å²) in [6.45, 7) is 2.23. The van der Waals surface area contributed by atoms with Crippen molar-refractivity contribution < 1.29 is 0 Å². The van der Waals surface area contributed by atoms with Crippen molar-refractivity contribution in [2.45, 2.75) is 6.92 Å². The molecule has 0 aliphatic heterocycles. The minimum Gasteiger partial charge on any atom is -0.359 e. The number of aromatic nitrogens is 2. The van der Waals surface area contributed by atoms with E-state index in [9.17, 15) is 4.79 Å². The first-order chi connectivity index (χ1) is 6.65. The van der Waals surface area contributed by atoms with Crippen molar-refractivity contribution in [2.75, 3.05) is 11.9 Å². The first kappa shape index (κ1) is 10.6. The summed E-state index contributed by atoms with van der Waals surface area (Å²) < 4.78 is 1.50. The average molecular weight is 212 g/mol. The van der Waals surface area contributed by atoms with Crippen LogP contribution in [-0.4, -0.2) is 16.3 Å². The monoisotopic (exact) mass is 211 g/mol. The van der Waals surface area contributed by atoms with Crippen molar-refractivity contribution in [1.82, 2.24) is 9.78 Å². The fourth-order valence-electron chi connectivity index (χ4n) is 0.901. The predicted octanol–water partition coefficient (Wildman–Crippen LogP) is 0.869. The Balaban J connectivity index is 2.91. The van der Waals surface area contributed by atoms with Gasteiger partial charge in [0.2, 0.25) is 5.43 Å². The second-order valence-electron chi connectivity index (χ2n) is 2.59. The minimum atomic E-state index is -0.295. The van der Waals surface area contributed by atoms with Crippen LogP contribution in [0, 0.1) is 11.8 Å². The second kappa shape index (κ2) is 4.68. The number of rotatable bonds is 2. The maximum Gasteiger partial charge on any atom is 0.221 e. The highest BCUT2D eigenvalue weighted by Gasteiger charge is 2.02. The van der Waals surface area contributed by atoms with Crippen LogP contribution in [0.5, 0.6) is 0 Å². The van der Waals surface area contributed by atoms with Gasteiger partial charge in [0.05, 0.1) is 6.54 Å². The molecule has 1 aromatic rings. The lowest BCUT2D eigenvalue weighted by Crippen LogP contribution is -2.15. The van der Waals surface area contributed by atoms with Gasteiger partial charge in [-0.25, -0.2) is 0 Å². The number of hydrogen-bond acceptors (Lipinski definition) is 3. The van der Waals surface area contributed by atoms with Crippen LogP contribution in [0.4, 0.5) is 5.82 Å². The summed E-state index contributed by atoms with van der Waals surface area (Å²) in [5, 5.41) is 6.73. The number of nitrogens with zero attached hydrogens (tertiary/aromatic N) is 2. The van der Waals surface area contributed by atoms with Crippen LogP contribution in [0.2, 0.25) is 5.15 Å². The predicted molar refractivity (Wildman–Crippen MR) is 56.4 cm³/mol. The minimum absolute atomic E-state index is 0.0281.